The molecule has 1 aliphatic rings. The van der Waals surface area contributed by atoms with Crippen molar-refractivity contribution in [2.24, 2.45) is 0 Å². The molecule has 0 bridgehead atoms. The summed E-state index contributed by atoms with van der Waals surface area (Å²) in [5.41, 5.74) is 3.38. The Kier molecular flexibility index (Phi) is 5.53. The number of anilines is 1. The average molecular weight is 374 g/mol. The molecule has 0 saturated carbocycles. The molecule has 5 nitrogen and oxygen atoms in total. The molecule has 0 spiro atoms. The van der Waals surface area contributed by atoms with Crippen molar-refractivity contribution in [2.45, 2.75) is 19.4 Å². The Balaban J connectivity index is 1.55. The molecule has 0 amide bonds. The Morgan fingerprint density at radius 1 is 0.929 bits per heavy atom. The minimum atomic E-state index is -0.0734. The lowest BCUT2D eigenvalue weighted by Gasteiger charge is -2.40. The van der Waals surface area contributed by atoms with Gasteiger partial charge in [0.15, 0.2) is 0 Å². The molecule has 1 fully saturated rings. The molecule has 0 unspecified atom stereocenters. The van der Waals surface area contributed by atoms with Gasteiger partial charge in [0.25, 0.3) is 5.56 Å². The van der Waals surface area contributed by atoms with Crippen LogP contribution in [0.25, 0.3) is 0 Å². The van der Waals surface area contributed by atoms with Crippen LogP contribution in [0.5, 0.6) is 0 Å². The summed E-state index contributed by atoms with van der Waals surface area (Å²) < 4.78 is 0. The fourth-order valence-corrected chi connectivity index (χ4v) is 3.90. The highest BCUT2D eigenvalue weighted by molar-refractivity contribution is 5.34. The van der Waals surface area contributed by atoms with Gasteiger partial charge in [-0.05, 0) is 17.5 Å². The van der Waals surface area contributed by atoms with Gasteiger partial charge in [-0.15, -0.1) is 0 Å². The average Bonchev–Trinajstić information content (AvgIpc) is 2.75. The molecule has 0 aliphatic carbocycles. The van der Waals surface area contributed by atoms with Gasteiger partial charge in [0.05, 0.1) is 6.04 Å². The van der Waals surface area contributed by atoms with Crippen LogP contribution in [0.3, 0.4) is 0 Å². The van der Waals surface area contributed by atoms with E-state index >= 15 is 0 Å². The van der Waals surface area contributed by atoms with Gasteiger partial charge in [-0.25, -0.2) is 4.98 Å². The Hall–Kier alpha value is -2.92. The summed E-state index contributed by atoms with van der Waals surface area (Å²) in [6.07, 6.45) is 0.765. The van der Waals surface area contributed by atoms with E-state index in [2.05, 4.69) is 80.4 Å². The molecular formula is C23H26N4O. The van der Waals surface area contributed by atoms with Gasteiger partial charge in [0.1, 0.15) is 0 Å². The molecule has 28 heavy (non-hydrogen) atoms. The predicted octanol–water partition coefficient (Wildman–Crippen LogP) is 3.24. The molecule has 1 N–H and O–H groups in total. The van der Waals surface area contributed by atoms with Crippen molar-refractivity contribution in [3.05, 3.63) is 93.9 Å². The molecule has 2 heterocycles. The lowest BCUT2D eigenvalue weighted by Crippen LogP contribution is -2.48. The number of benzene rings is 2. The molecule has 1 aliphatic heterocycles. The highest BCUT2D eigenvalue weighted by Gasteiger charge is 2.27. The molecular weight excluding hydrogens is 348 g/mol. The van der Waals surface area contributed by atoms with Gasteiger partial charge in [-0.1, -0.05) is 67.6 Å². The van der Waals surface area contributed by atoms with Gasteiger partial charge in [-0.3, -0.25) is 14.7 Å². The van der Waals surface area contributed by atoms with Crippen LogP contribution in [0, 0.1) is 0 Å². The molecule has 1 saturated heterocycles. The second-order valence-corrected chi connectivity index (χ2v) is 7.16. The van der Waals surface area contributed by atoms with Crippen LogP contribution < -0.4 is 10.5 Å². The fraction of sp³-hybridized carbons (Fsp3) is 0.304. The van der Waals surface area contributed by atoms with E-state index < -0.39 is 0 Å². The van der Waals surface area contributed by atoms with Crippen LogP contribution >= 0.6 is 0 Å². The number of nitrogens with one attached hydrogen (secondary N) is 1. The third kappa shape index (κ3) is 3.99. The summed E-state index contributed by atoms with van der Waals surface area (Å²) in [5.74, 6) is 0.694. The molecule has 2 aromatic carbocycles. The van der Waals surface area contributed by atoms with Crippen molar-refractivity contribution >= 4 is 5.95 Å². The number of nitrogens with zero attached hydrogens (tertiary/aromatic N) is 3. The van der Waals surface area contributed by atoms with E-state index in [0.717, 1.165) is 38.3 Å². The van der Waals surface area contributed by atoms with E-state index in [-0.39, 0.29) is 11.6 Å². The first kappa shape index (κ1) is 18.4. The number of H-pyrrole nitrogens is 1. The van der Waals surface area contributed by atoms with Gasteiger partial charge >= 0.3 is 0 Å². The first-order valence-corrected chi connectivity index (χ1v) is 9.93. The number of aromatic amines is 1. The first-order chi connectivity index (χ1) is 13.7. The van der Waals surface area contributed by atoms with Crippen LogP contribution in [0.1, 0.15) is 29.8 Å². The number of hydrogen-bond donors (Lipinski definition) is 1. The summed E-state index contributed by atoms with van der Waals surface area (Å²) in [6, 6.07) is 23.2. The number of aryl methyl sites for hydroxylation is 1. The summed E-state index contributed by atoms with van der Waals surface area (Å²) in [4.78, 5) is 24.1. The summed E-state index contributed by atoms with van der Waals surface area (Å²) >= 11 is 0. The lowest BCUT2D eigenvalue weighted by atomic mass is 9.96. The number of rotatable bonds is 5. The SMILES string of the molecule is CCc1cc(=O)[nH]c(N2CCN(C(c3ccccc3)c3ccccc3)CC2)n1. The molecule has 5 heteroatoms. The van der Waals surface area contributed by atoms with Gasteiger partial charge < -0.3 is 4.90 Å². The van der Waals surface area contributed by atoms with Crippen LogP contribution in [0.2, 0.25) is 0 Å². The standard InChI is InChI=1S/C23H26N4O/c1-2-20-17-21(28)25-23(24-20)27-15-13-26(14-16-27)22(18-9-5-3-6-10-18)19-11-7-4-8-12-19/h3-12,17,22H,2,13-16H2,1H3,(H,24,25,28). The minimum Gasteiger partial charge on any atom is -0.340 e. The third-order valence-corrected chi connectivity index (χ3v) is 5.35. The number of piperazine rings is 1. The normalized spacial score (nSPS) is 15.1. The van der Waals surface area contributed by atoms with Crippen LogP contribution in [0.15, 0.2) is 71.5 Å². The zero-order chi connectivity index (χ0) is 19.3. The fourth-order valence-electron chi connectivity index (χ4n) is 3.90. The van der Waals surface area contributed by atoms with Crippen LogP contribution in [0.4, 0.5) is 5.95 Å². The van der Waals surface area contributed by atoms with E-state index in [4.69, 9.17) is 0 Å². The Labute approximate surface area is 165 Å². The smallest absolute Gasteiger partial charge is 0.252 e. The summed E-state index contributed by atoms with van der Waals surface area (Å²) in [5, 5.41) is 0. The number of aromatic nitrogens is 2. The Morgan fingerprint density at radius 2 is 1.50 bits per heavy atom. The molecule has 3 aromatic rings. The minimum absolute atomic E-state index is 0.0734. The van der Waals surface area contributed by atoms with E-state index in [0.29, 0.717) is 5.95 Å². The second kappa shape index (κ2) is 8.40. The maximum absolute atomic E-state index is 11.9. The van der Waals surface area contributed by atoms with E-state index in [1.54, 1.807) is 6.07 Å². The first-order valence-electron chi connectivity index (χ1n) is 9.93. The van der Waals surface area contributed by atoms with Gasteiger partial charge in [0, 0.05) is 37.9 Å². The van der Waals surface area contributed by atoms with Crippen molar-refractivity contribution in [3.8, 4) is 0 Å². The molecule has 0 radical (unpaired) electrons. The topological polar surface area (TPSA) is 52.2 Å². The zero-order valence-corrected chi connectivity index (χ0v) is 16.2. The summed E-state index contributed by atoms with van der Waals surface area (Å²) in [7, 11) is 0. The quantitative estimate of drug-likeness (QED) is 0.745. The summed E-state index contributed by atoms with van der Waals surface area (Å²) in [6.45, 7) is 5.52. The van der Waals surface area contributed by atoms with Crippen molar-refractivity contribution in [3.63, 3.8) is 0 Å². The van der Waals surface area contributed by atoms with Crippen molar-refractivity contribution < 1.29 is 0 Å². The van der Waals surface area contributed by atoms with Gasteiger partial charge in [0.2, 0.25) is 5.95 Å². The number of hydrogen-bond acceptors (Lipinski definition) is 4. The Bertz CT molecular complexity index is 908. The maximum Gasteiger partial charge on any atom is 0.252 e. The van der Waals surface area contributed by atoms with E-state index in [1.807, 2.05) is 6.92 Å². The van der Waals surface area contributed by atoms with Gasteiger partial charge in [-0.2, -0.15) is 0 Å². The highest BCUT2D eigenvalue weighted by Crippen LogP contribution is 2.29. The Morgan fingerprint density at radius 3 is 2.04 bits per heavy atom. The molecule has 4 rings (SSSR count). The van der Waals surface area contributed by atoms with Crippen molar-refractivity contribution in [2.75, 3.05) is 31.1 Å². The molecule has 0 atom stereocenters. The van der Waals surface area contributed by atoms with Crippen LogP contribution in [-0.4, -0.2) is 41.0 Å². The lowest BCUT2D eigenvalue weighted by molar-refractivity contribution is 0.211. The zero-order valence-electron chi connectivity index (χ0n) is 16.2. The third-order valence-electron chi connectivity index (χ3n) is 5.35. The highest BCUT2D eigenvalue weighted by atomic mass is 16.1. The van der Waals surface area contributed by atoms with Crippen molar-refractivity contribution in [1.82, 2.24) is 14.9 Å². The van der Waals surface area contributed by atoms with Crippen LogP contribution in [-0.2, 0) is 6.42 Å². The molecule has 1 aromatic heterocycles. The van der Waals surface area contributed by atoms with E-state index in [9.17, 15) is 4.79 Å². The largest absolute Gasteiger partial charge is 0.340 e. The predicted molar refractivity (Wildman–Crippen MR) is 113 cm³/mol. The second-order valence-electron chi connectivity index (χ2n) is 7.16. The molecule has 144 valence electrons. The van der Waals surface area contributed by atoms with E-state index in [1.165, 1.54) is 11.1 Å². The monoisotopic (exact) mass is 374 g/mol. The maximum atomic E-state index is 11.9. The van der Waals surface area contributed by atoms with Crippen molar-refractivity contribution in [1.29, 1.82) is 0 Å².